The van der Waals surface area contributed by atoms with E-state index in [0.29, 0.717) is 13.1 Å². The number of nitrogens with zero attached hydrogens (tertiary/aromatic N) is 5. The molecule has 1 amide bonds. The quantitative estimate of drug-likeness (QED) is 0.622. The first-order valence-corrected chi connectivity index (χ1v) is 12.6. The SMILES string of the molecule is CCCN(CC)c1ccc(CN2CCC3(CCN(C(=O)n4ccc(C(=O)O)n4)CC3)C2)cc1Cl. The highest BCUT2D eigenvalue weighted by Gasteiger charge is 2.41. The minimum Gasteiger partial charge on any atom is -0.476 e. The Labute approximate surface area is 206 Å². The van der Waals surface area contributed by atoms with Gasteiger partial charge < -0.3 is 14.9 Å². The topological polar surface area (TPSA) is 81.9 Å². The molecule has 0 bridgehead atoms. The molecule has 2 saturated heterocycles. The summed E-state index contributed by atoms with van der Waals surface area (Å²) in [5.74, 6) is -1.13. The molecule has 0 unspecified atom stereocenters. The molecule has 1 spiro atoms. The van der Waals surface area contributed by atoms with Crippen LogP contribution in [0.1, 0.15) is 55.6 Å². The number of likely N-dealkylation sites (tertiary alicyclic amines) is 2. The van der Waals surface area contributed by atoms with Crippen molar-refractivity contribution in [2.45, 2.75) is 46.1 Å². The second kappa shape index (κ2) is 10.4. The third kappa shape index (κ3) is 5.23. The van der Waals surface area contributed by atoms with Crippen molar-refractivity contribution in [1.82, 2.24) is 19.6 Å². The Kier molecular flexibility index (Phi) is 7.48. The number of halogens is 1. The van der Waals surface area contributed by atoms with Gasteiger partial charge in [-0.2, -0.15) is 9.78 Å². The van der Waals surface area contributed by atoms with E-state index in [1.807, 2.05) is 0 Å². The average Bonchev–Trinajstić information content (AvgIpc) is 3.46. The summed E-state index contributed by atoms with van der Waals surface area (Å²) < 4.78 is 1.13. The normalized spacial score (nSPS) is 17.9. The molecule has 0 radical (unpaired) electrons. The second-order valence-electron chi connectivity index (χ2n) is 9.55. The van der Waals surface area contributed by atoms with E-state index in [9.17, 15) is 9.59 Å². The molecule has 9 heteroatoms. The van der Waals surface area contributed by atoms with Gasteiger partial charge in [0.15, 0.2) is 5.69 Å². The number of hydrogen-bond donors (Lipinski definition) is 1. The first-order valence-electron chi connectivity index (χ1n) is 12.2. The number of hydrogen-bond acceptors (Lipinski definition) is 5. The molecule has 0 saturated carbocycles. The molecule has 3 heterocycles. The van der Waals surface area contributed by atoms with Gasteiger partial charge in [0.1, 0.15) is 0 Å². The number of aromatic carboxylic acids is 1. The molecule has 2 fully saturated rings. The van der Waals surface area contributed by atoms with E-state index in [2.05, 4.69) is 46.9 Å². The van der Waals surface area contributed by atoms with Crippen LogP contribution in [0.15, 0.2) is 30.5 Å². The van der Waals surface area contributed by atoms with Crippen LogP contribution in [0.2, 0.25) is 5.02 Å². The van der Waals surface area contributed by atoms with Crippen molar-refractivity contribution in [3.8, 4) is 0 Å². The Morgan fingerprint density at radius 1 is 1.15 bits per heavy atom. The van der Waals surface area contributed by atoms with Crippen LogP contribution in [0.4, 0.5) is 10.5 Å². The van der Waals surface area contributed by atoms with Crippen molar-refractivity contribution in [3.63, 3.8) is 0 Å². The number of benzene rings is 1. The van der Waals surface area contributed by atoms with Gasteiger partial charge >= 0.3 is 12.0 Å². The number of carbonyl (C=O) groups is 2. The molecule has 1 aromatic carbocycles. The fourth-order valence-corrected chi connectivity index (χ4v) is 5.64. The Morgan fingerprint density at radius 2 is 1.88 bits per heavy atom. The molecule has 2 aliphatic rings. The van der Waals surface area contributed by atoms with E-state index in [-0.39, 0.29) is 17.1 Å². The smallest absolute Gasteiger partial charge is 0.356 e. The molecule has 34 heavy (non-hydrogen) atoms. The first-order chi connectivity index (χ1) is 16.3. The number of anilines is 1. The summed E-state index contributed by atoms with van der Waals surface area (Å²) in [6.45, 7) is 10.6. The zero-order valence-electron chi connectivity index (χ0n) is 20.0. The molecule has 2 aliphatic heterocycles. The van der Waals surface area contributed by atoms with E-state index < -0.39 is 5.97 Å². The van der Waals surface area contributed by atoms with Crippen LogP contribution in [0.3, 0.4) is 0 Å². The molecular weight excluding hydrogens is 454 g/mol. The minimum absolute atomic E-state index is 0.117. The summed E-state index contributed by atoms with van der Waals surface area (Å²) in [5.41, 5.74) is 2.46. The molecule has 0 atom stereocenters. The summed E-state index contributed by atoms with van der Waals surface area (Å²) in [5, 5.41) is 13.7. The fraction of sp³-hybridized carbons (Fsp3) is 0.560. The van der Waals surface area contributed by atoms with Crippen LogP contribution in [-0.4, -0.2) is 76.0 Å². The highest BCUT2D eigenvalue weighted by atomic mass is 35.5. The summed E-state index contributed by atoms with van der Waals surface area (Å²) >= 11 is 6.64. The molecule has 2 aromatic rings. The Balaban J connectivity index is 1.32. The Bertz CT molecular complexity index is 1030. The van der Waals surface area contributed by atoms with Gasteiger partial charge in [-0.25, -0.2) is 9.59 Å². The molecule has 8 nitrogen and oxygen atoms in total. The van der Waals surface area contributed by atoms with Gasteiger partial charge in [-0.15, -0.1) is 0 Å². The molecule has 1 aromatic heterocycles. The monoisotopic (exact) mass is 487 g/mol. The lowest BCUT2D eigenvalue weighted by molar-refractivity contribution is 0.0689. The summed E-state index contributed by atoms with van der Waals surface area (Å²) in [6, 6.07) is 7.55. The maximum Gasteiger partial charge on any atom is 0.356 e. The summed E-state index contributed by atoms with van der Waals surface area (Å²) in [7, 11) is 0. The molecular formula is C25H34ClN5O3. The van der Waals surface area contributed by atoms with Crippen molar-refractivity contribution in [2.24, 2.45) is 5.41 Å². The van der Waals surface area contributed by atoms with Crippen molar-refractivity contribution in [3.05, 3.63) is 46.7 Å². The van der Waals surface area contributed by atoms with E-state index in [4.69, 9.17) is 16.7 Å². The number of piperidine rings is 1. The van der Waals surface area contributed by atoms with E-state index in [1.54, 1.807) is 4.90 Å². The van der Waals surface area contributed by atoms with Crippen molar-refractivity contribution < 1.29 is 14.7 Å². The number of amides is 1. The number of aromatic nitrogens is 2. The van der Waals surface area contributed by atoms with Gasteiger partial charge in [-0.05, 0) is 68.3 Å². The van der Waals surface area contributed by atoms with Crippen LogP contribution in [-0.2, 0) is 6.54 Å². The van der Waals surface area contributed by atoms with Crippen LogP contribution in [0.25, 0.3) is 0 Å². The molecule has 4 rings (SSSR count). The lowest BCUT2D eigenvalue weighted by Gasteiger charge is -2.39. The maximum absolute atomic E-state index is 12.7. The van der Waals surface area contributed by atoms with E-state index in [1.165, 1.54) is 17.8 Å². The lowest BCUT2D eigenvalue weighted by atomic mass is 9.78. The van der Waals surface area contributed by atoms with Gasteiger partial charge in [0, 0.05) is 45.5 Å². The second-order valence-corrected chi connectivity index (χ2v) is 9.95. The summed E-state index contributed by atoms with van der Waals surface area (Å²) in [4.78, 5) is 30.4. The third-order valence-electron chi connectivity index (χ3n) is 7.25. The Hall–Kier alpha value is -2.58. The minimum atomic E-state index is -1.13. The fourth-order valence-electron chi connectivity index (χ4n) is 5.31. The van der Waals surface area contributed by atoms with Crippen LogP contribution in [0.5, 0.6) is 0 Å². The van der Waals surface area contributed by atoms with Gasteiger partial charge in [-0.1, -0.05) is 24.6 Å². The highest BCUT2D eigenvalue weighted by molar-refractivity contribution is 6.33. The standard InChI is InChI=1S/C25H34ClN5O3/c1-3-11-29(4-2)22-6-5-19(16-20(22)26)17-28-13-8-25(18-28)9-14-30(15-10-25)24(34)31-12-7-21(27-31)23(32)33/h5-7,12,16H,3-4,8-11,13-15,17-18H2,1-2H3,(H,32,33). The number of carboxylic acids is 1. The zero-order chi connectivity index (χ0) is 24.3. The predicted octanol–water partition coefficient (Wildman–Crippen LogP) is 4.43. The van der Waals surface area contributed by atoms with Crippen LogP contribution >= 0.6 is 11.6 Å². The van der Waals surface area contributed by atoms with Gasteiger partial charge in [-0.3, -0.25) is 4.90 Å². The van der Waals surface area contributed by atoms with Crippen LogP contribution in [0, 0.1) is 5.41 Å². The van der Waals surface area contributed by atoms with E-state index in [0.717, 1.165) is 73.8 Å². The van der Waals surface area contributed by atoms with Gasteiger partial charge in [0.2, 0.25) is 0 Å². The molecule has 184 valence electrons. The predicted molar refractivity (Wildman–Crippen MR) is 133 cm³/mol. The summed E-state index contributed by atoms with van der Waals surface area (Å²) in [6.07, 6.45) is 5.54. The van der Waals surface area contributed by atoms with Crippen molar-refractivity contribution in [2.75, 3.05) is 44.2 Å². The van der Waals surface area contributed by atoms with Crippen molar-refractivity contribution >= 4 is 29.3 Å². The molecule has 1 N–H and O–H groups in total. The van der Waals surface area contributed by atoms with Crippen molar-refractivity contribution in [1.29, 1.82) is 0 Å². The third-order valence-corrected chi connectivity index (χ3v) is 7.55. The number of rotatable bonds is 7. The number of carboxylic acid groups (broad SMARTS) is 1. The highest BCUT2D eigenvalue weighted by Crippen LogP contribution is 2.41. The first kappa shape index (κ1) is 24.5. The van der Waals surface area contributed by atoms with Gasteiger partial charge in [0.25, 0.3) is 0 Å². The average molecular weight is 488 g/mol. The lowest BCUT2D eigenvalue weighted by Crippen LogP contribution is -2.45. The maximum atomic E-state index is 12.7. The van der Waals surface area contributed by atoms with E-state index >= 15 is 0 Å². The van der Waals surface area contributed by atoms with Gasteiger partial charge in [0.05, 0.1) is 10.7 Å². The van der Waals surface area contributed by atoms with Crippen LogP contribution < -0.4 is 4.90 Å². The number of carbonyl (C=O) groups excluding carboxylic acids is 1. The Morgan fingerprint density at radius 3 is 2.50 bits per heavy atom. The molecule has 0 aliphatic carbocycles. The largest absolute Gasteiger partial charge is 0.476 e. The zero-order valence-corrected chi connectivity index (χ0v) is 20.8.